The smallest absolute Gasteiger partial charge is 0.323 e. The van der Waals surface area contributed by atoms with Gasteiger partial charge in [-0.1, -0.05) is 62.4 Å². The zero-order valence-electron chi connectivity index (χ0n) is 21.7. The number of benzene rings is 3. The van der Waals surface area contributed by atoms with Gasteiger partial charge in [0.05, 0.1) is 6.42 Å². The Morgan fingerprint density at radius 3 is 2.43 bits per heavy atom. The number of carbonyl (C=O) groups is 2. The molecule has 194 valence electrons. The highest BCUT2D eigenvalue weighted by molar-refractivity contribution is 5.83. The van der Waals surface area contributed by atoms with Gasteiger partial charge in [0.15, 0.2) is 0 Å². The van der Waals surface area contributed by atoms with Crippen LogP contribution in [0.5, 0.6) is 5.75 Å². The zero-order valence-corrected chi connectivity index (χ0v) is 21.7. The largest absolute Gasteiger partial charge is 0.487 e. The van der Waals surface area contributed by atoms with Crippen molar-refractivity contribution in [1.82, 2.24) is 4.90 Å². The number of hydrogen-bond donors (Lipinski definition) is 1. The van der Waals surface area contributed by atoms with E-state index < -0.39 is 12.5 Å². The van der Waals surface area contributed by atoms with E-state index >= 15 is 0 Å². The first-order valence-electron chi connectivity index (χ1n) is 12.7. The van der Waals surface area contributed by atoms with Gasteiger partial charge >= 0.3 is 5.97 Å². The fourth-order valence-corrected chi connectivity index (χ4v) is 4.93. The molecule has 1 heterocycles. The Morgan fingerprint density at radius 2 is 1.76 bits per heavy atom. The molecule has 1 aliphatic rings. The van der Waals surface area contributed by atoms with Crippen LogP contribution in [0.1, 0.15) is 54.5 Å². The number of amides is 1. The maximum atomic E-state index is 13.5. The molecule has 1 N–H and O–H groups in total. The second kappa shape index (κ2) is 11.2. The van der Waals surface area contributed by atoms with Gasteiger partial charge < -0.3 is 14.7 Å². The number of fused-ring (bicyclic) bond motifs is 1. The highest BCUT2D eigenvalue weighted by atomic mass is 19.1. The van der Waals surface area contributed by atoms with Crippen LogP contribution in [0.3, 0.4) is 0 Å². The van der Waals surface area contributed by atoms with Crippen LogP contribution in [0.25, 0.3) is 0 Å². The molecule has 4 rings (SSSR count). The summed E-state index contributed by atoms with van der Waals surface area (Å²) in [4.78, 5) is 25.7. The van der Waals surface area contributed by atoms with Gasteiger partial charge in [0.25, 0.3) is 0 Å². The van der Waals surface area contributed by atoms with E-state index in [0.29, 0.717) is 12.3 Å². The van der Waals surface area contributed by atoms with Crippen LogP contribution >= 0.6 is 0 Å². The standard InChI is InChI=1S/C31H34FNO4/c1-21(2)25-10-7-23(8-11-25)18-31(3)19-26-15-24(9-12-28(26)37-31)17-29(34)33(20-30(35)36)14-13-22-5-4-6-27(32)16-22/h4-12,15-16,21H,13-14,17-20H2,1-3H3,(H,35,36). The molecule has 6 heteroatoms. The molecule has 0 aliphatic carbocycles. The molecule has 1 unspecified atom stereocenters. The summed E-state index contributed by atoms with van der Waals surface area (Å²) in [5.74, 6) is -0.386. The summed E-state index contributed by atoms with van der Waals surface area (Å²) in [6, 6.07) is 20.6. The predicted molar refractivity (Wildman–Crippen MR) is 141 cm³/mol. The van der Waals surface area contributed by atoms with Crippen molar-refractivity contribution in [1.29, 1.82) is 0 Å². The molecular weight excluding hydrogens is 469 g/mol. The van der Waals surface area contributed by atoms with E-state index in [1.807, 2.05) is 18.2 Å². The lowest BCUT2D eigenvalue weighted by Crippen LogP contribution is -2.38. The number of halogens is 1. The Hall–Kier alpha value is -3.67. The number of ether oxygens (including phenoxy) is 1. The van der Waals surface area contributed by atoms with Crippen LogP contribution in [0.4, 0.5) is 4.39 Å². The van der Waals surface area contributed by atoms with Gasteiger partial charge in [-0.3, -0.25) is 9.59 Å². The number of carboxylic acids is 1. The molecule has 0 saturated carbocycles. The lowest BCUT2D eigenvalue weighted by Gasteiger charge is -2.24. The molecule has 1 aliphatic heterocycles. The summed E-state index contributed by atoms with van der Waals surface area (Å²) in [7, 11) is 0. The van der Waals surface area contributed by atoms with E-state index in [1.54, 1.807) is 12.1 Å². The highest BCUT2D eigenvalue weighted by Gasteiger charge is 2.35. The van der Waals surface area contributed by atoms with Crippen molar-refractivity contribution >= 4 is 11.9 Å². The minimum Gasteiger partial charge on any atom is -0.487 e. The van der Waals surface area contributed by atoms with Crippen LogP contribution in [-0.2, 0) is 35.3 Å². The van der Waals surface area contributed by atoms with Gasteiger partial charge in [-0.25, -0.2) is 4.39 Å². The Morgan fingerprint density at radius 1 is 1.03 bits per heavy atom. The van der Waals surface area contributed by atoms with E-state index in [1.165, 1.54) is 28.2 Å². The first-order chi connectivity index (χ1) is 17.6. The van der Waals surface area contributed by atoms with Gasteiger partial charge in [0.1, 0.15) is 23.7 Å². The van der Waals surface area contributed by atoms with Crippen LogP contribution in [0, 0.1) is 5.82 Å². The van der Waals surface area contributed by atoms with Gasteiger partial charge in [-0.05, 0) is 65.3 Å². The molecule has 0 radical (unpaired) electrons. The molecule has 5 nitrogen and oxygen atoms in total. The summed E-state index contributed by atoms with van der Waals surface area (Å²) in [5, 5.41) is 9.32. The van der Waals surface area contributed by atoms with E-state index in [0.717, 1.165) is 35.3 Å². The fraction of sp³-hybridized carbons (Fsp3) is 0.355. The van der Waals surface area contributed by atoms with Gasteiger partial charge in [-0.2, -0.15) is 0 Å². The molecule has 0 bridgehead atoms. The molecule has 3 aromatic carbocycles. The number of aliphatic carboxylic acids is 1. The topological polar surface area (TPSA) is 66.8 Å². The van der Waals surface area contributed by atoms with E-state index in [-0.39, 0.29) is 30.3 Å². The molecule has 0 saturated heterocycles. The van der Waals surface area contributed by atoms with Crippen molar-refractivity contribution in [2.45, 2.75) is 58.0 Å². The lowest BCUT2D eigenvalue weighted by atomic mass is 9.90. The van der Waals surface area contributed by atoms with Crippen LogP contribution < -0.4 is 4.74 Å². The molecule has 1 amide bonds. The van der Waals surface area contributed by atoms with Crippen molar-refractivity contribution < 1.29 is 23.8 Å². The maximum absolute atomic E-state index is 13.5. The highest BCUT2D eigenvalue weighted by Crippen LogP contribution is 2.37. The summed E-state index contributed by atoms with van der Waals surface area (Å²) < 4.78 is 19.8. The molecule has 1 atom stereocenters. The molecule has 0 spiro atoms. The number of rotatable bonds is 10. The summed E-state index contributed by atoms with van der Waals surface area (Å²) in [5.41, 5.74) is 4.75. The van der Waals surface area contributed by atoms with E-state index in [9.17, 15) is 19.1 Å². The predicted octanol–water partition coefficient (Wildman–Crippen LogP) is 5.58. The van der Waals surface area contributed by atoms with E-state index in [2.05, 4.69) is 45.0 Å². The maximum Gasteiger partial charge on any atom is 0.323 e. The lowest BCUT2D eigenvalue weighted by molar-refractivity contribution is -0.144. The van der Waals surface area contributed by atoms with Crippen molar-refractivity contribution in [3.63, 3.8) is 0 Å². The van der Waals surface area contributed by atoms with Gasteiger partial charge in [0.2, 0.25) is 5.91 Å². The average molecular weight is 504 g/mol. The van der Waals surface area contributed by atoms with Crippen molar-refractivity contribution in [3.05, 3.63) is 100 Å². The van der Waals surface area contributed by atoms with Crippen LogP contribution in [-0.4, -0.2) is 40.6 Å². The number of nitrogens with zero attached hydrogens (tertiary/aromatic N) is 1. The first kappa shape index (κ1) is 26.4. The third-order valence-corrected chi connectivity index (χ3v) is 6.86. The Labute approximate surface area is 217 Å². The van der Waals surface area contributed by atoms with E-state index in [4.69, 9.17) is 4.74 Å². The summed E-state index contributed by atoms with van der Waals surface area (Å²) in [6.07, 6.45) is 1.98. The van der Waals surface area contributed by atoms with Crippen LogP contribution in [0.2, 0.25) is 0 Å². The summed E-state index contributed by atoms with van der Waals surface area (Å²) in [6.45, 7) is 6.28. The Bertz CT molecular complexity index is 1270. The Kier molecular flexibility index (Phi) is 7.96. The third kappa shape index (κ3) is 6.97. The molecular formula is C31H34FNO4. The second-order valence-corrected chi connectivity index (χ2v) is 10.5. The minimum absolute atomic E-state index is 0.0943. The quantitative estimate of drug-likeness (QED) is 0.392. The van der Waals surface area contributed by atoms with Gasteiger partial charge in [-0.15, -0.1) is 0 Å². The molecule has 0 aromatic heterocycles. The monoisotopic (exact) mass is 503 g/mol. The van der Waals surface area contributed by atoms with Gasteiger partial charge in [0, 0.05) is 19.4 Å². The molecule has 37 heavy (non-hydrogen) atoms. The van der Waals surface area contributed by atoms with Crippen molar-refractivity contribution in [3.8, 4) is 5.75 Å². The number of carbonyl (C=O) groups excluding carboxylic acids is 1. The number of carboxylic acid groups (broad SMARTS) is 1. The molecule has 0 fully saturated rings. The fourth-order valence-electron chi connectivity index (χ4n) is 4.93. The second-order valence-electron chi connectivity index (χ2n) is 10.5. The summed E-state index contributed by atoms with van der Waals surface area (Å²) >= 11 is 0. The molecule has 3 aromatic rings. The minimum atomic E-state index is -1.08. The third-order valence-electron chi connectivity index (χ3n) is 6.86. The average Bonchev–Trinajstić information content (AvgIpc) is 3.16. The van der Waals surface area contributed by atoms with Crippen molar-refractivity contribution in [2.75, 3.05) is 13.1 Å². The first-order valence-corrected chi connectivity index (χ1v) is 12.7. The van der Waals surface area contributed by atoms with Crippen LogP contribution in [0.15, 0.2) is 66.7 Å². The zero-order chi connectivity index (χ0) is 26.6. The SMILES string of the molecule is CC(C)c1ccc(CC2(C)Cc3cc(CC(=O)N(CCc4cccc(F)c4)CC(=O)O)ccc3O2)cc1. The normalized spacial score (nSPS) is 16.4. The Balaban J connectivity index is 1.40. The number of hydrogen-bond acceptors (Lipinski definition) is 3. The van der Waals surface area contributed by atoms with Crippen molar-refractivity contribution in [2.24, 2.45) is 0 Å².